The molecule has 3 aliphatic rings. The van der Waals surface area contributed by atoms with Gasteiger partial charge in [-0.2, -0.15) is 0 Å². The van der Waals surface area contributed by atoms with Crippen molar-refractivity contribution in [1.29, 1.82) is 0 Å². The minimum Gasteiger partial charge on any atom is -0.367 e. The van der Waals surface area contributed by atoms with E-state index in [1.54, 1.807) is 0 Å². The van der Waals surface area contributed by atoms with Gasteiger partial charge in [-0.05, 0) is 236 Å². The first-order valence-electron chi connectivity index (χ1n) is 48.8. The first kappa shape index (κ1) is 91.5. The molecule has 18 aromatic carbocycles. The normalized spacial score (nSPS) is 11.9. The number of fused-ring (bicyclic) bond motifs is 21. The Hall–Kier alpha value is -16.7. The second-order valence-corrected chi connectivity index (χ2v) is 37.6. The Morgan fingerprint density at radius 3 is 1.01 bits per heavy atom. The Bertz CT molecular complexity index is 9750. The fourth-order valence-corrected chi connectivity index (χ4v) is 22.6. The fourth-order valence-electron chi connectivity index (χ4n) is 22.6. The molecule has 0 unspecified atom stereocenters. The molecule has 0 N–H and O–H groups in total. The van der Waals surface area contributed by atoms with Crippen molar-refractivity contribution < 1.29 is 63.2 Å². The Kier molecular flexibility index (Phi) is 23.3. The molecule has 0 bridgehead atoms. The van der Waals surface area contributed by atoms with Gasteiger partial charge in [-0.1, -0.05) is 265 Å². The number of para-hydroxylation sites is 5. The van der Waals surface area contributed by atoms with Crippen molar-refractivity contribution in [3.8, 4) is 152 Å². The van der Waals surface area contributed by atoms with Gasteiger partial charge in [-0.3, -0.25) is 15.0 Å². The number of hydrogen-bond donors (Lipinski definition) is 0. The monoisotopic (exact) mass is 2420 g/mol. The van der Waals surface area contributed by atoms with Gasteiger partial charge in [-0.25, -0.2) is 0 Å². The van der Waals surface area contributed by atoms with Gasteiger partial charge in [0.2, 0.25) is 0 Å². The van der Waals surface area contributed by atoms with Crippen molar-refractivity contribution in [1.82, 2.24) is 57.3 Å². The van der Waals surface area contributed by atoms with Crippen LogP contribution in [0.5, 0.6) is 0 Å². The Morgan fingerprint density at radius 1 is 0.218 bits per heavy atom. The van der Waals surface area contributed by atoms with E-state index in [2.05, 4.69) is 446 Å². The van der Waals surface area contributed by atoms with Gasteiger partial charge in [0.15, 0.2) is 0 Å². The van der Waals surface area contributed by atoms with E-state index in [1.807, 2.05) is 73.2 Å². The van der Waals surface area contributed by atoms with E-state index in [0.29, 0.717) is 0 Å². The smallest absolute Gasteiger partial charge is 0.367 e. The average Bonchev–Trinajstić information content (AvgIpc) is 1.58. The maximum absolute atomic E-state index is 5.32. The summed E-state index contributed by atoms with van der Waals surface area (Å²) < 4.78 is 13.4. The third-order valence-electron chi connectivity index (χ3n) is 29.4. The standard InChI is InChI=1S/3C44H28N4.3Pt/c1-47-43-36(29-19-21-35-32(25-29)24-28-10-2-3-13-34(28)35)15-9-17-40(43)46-44(47)31-20-22-38-37-14-4-5-18-41(37)48(42(38)27-31)33-12-8-11-30(26-33)39-16-6-7-23-45-39;1-47-41-18-9-15-36(29-19-21-35-32(25-29)24-28-10-2-3-13-34(28)35)43(41)46-44(47)31-20-22-38-37-14-4-5-17-40(37)48(42(38)27-31)33-12-8-11-30(26-33)39-16-6-7-23-45-39;1-47-42-21-18-29(28-16-19-36-33(23-28)24-30-9-2-3-12-35(30)36)26-40(42)46-44(47)32-17-20-38-37-13-4-5-15-41(37)48(43(38)27-32)34-11-8-10-31(25-34)39-14-6-7-22-45-39;;;/h2*2-23,25H,24H2,1H3;2-23,26H,24H2,1H3;;;/q3*-2;3*+2. The number of hydrogen-bond acceptors (Lipinski definition) is 6. The first-order chi connectivity index (χ1) is 71.1. The summed E-state index contributed by atoms with van der Waals surface area (Å²) in [6.45, 7) is 0. The molecule has 12 nitrogen and oxygen atoms in total. The topological polar surface area (TPSA) is 107 Å². The van der Waals surface area contributed by atoms with Crippen molar-refractivity contribution in [2.24, 2.45) is 21.1 Å². The van der Waals surface area contributed by atoms with Crippen molar-refractivity contribution in [3.05, 3.63) is 489 Å². The molecule has 15 heteroatoms. The molecule has 0 radical (unpaired) electrons. The first-order valence-corrected chi connectivity index (χ1v) is 48.8. The number of imidazole rings is 3. The molecule has 0 saturated heterocycles. The van der Waals surface area contributed by atoms with Crippen LogP contribution in [0.4, 0.5) is 0 Å². The van der Waals surface area contributed by atoms with Gasteiger partial charge in [0.25, 0.3) is 0 Å². The van der Waals surface area contributed by atoms with Gasteiger partial charge in [0.05, 0.1) is 50.6 Å². The second kappa shape index (κ2) is 37.5. The van der Waals surface area contributed by atoms with E-state index in [4.69, 9.17) is 15.0 Å². The minimum absolute atomic E-state index is 0. The van der Waals surface area contributed by atoms with Crippen LogP contribution < -0.4 is 0 Å². The Labute approximate surface area is 892 Å². The third-order valence-corrected chi connectivity index (χ3v) is 29.4. The van der Waals surface area contributed by atoms with E-state index >= 15 is 0 Å². The largest absolute Gasteiger partial charge is 2.00 e. The SMILES string of the molecule is Cn1c(-c2[c-]c3c(cc2)c2ccccc2n3-c2[c-]c(-c3ccccn3)ccc2)nc2c(-c3ccc4c(c3)Cc3ccccc3-4)cccc21.Cn1c(-c2[c-]c3c(cc2)c2ccccc2n3-c2[c-]c(-c3ccccn3)ccc2)nc2cc(-c3ccc4c(c3)Cc3ccccc3-4)ccc21.Cn1c(-c2[c-]c3c(cc2)c2ccccc2n3-c2[c-]c(-c3ccccn3)ccc2)nc2cccc(-c3ccc4c(c3)Cc3ccccc3-4)c21.[Pt+2].[Pt+2].[Pt+2]. The zero-order chi connectivity index (χ0) is 95.3. The maximum Gasteiger partial charge on any atom is 2.00 e. The fraction of sp³-hybridized carbons (Fsp3) is 0.0455. The quantitative estimate of drug-likeness (QED) is 0.113. The van der Waals surface area contributed by atoms with Crippen LogP contribution in [0.1, 0.15) is 33.4 Å². The van der Waals surface area contributed by atoms with Crippen LogP contribution in [-0.4, -0.2) is 57.3 Å². The number of aromatic nitrogens is 12. The molecule has 27 aromatic rings. The molecule has 3 aliphatic carbocycles. The molecule has 0 amide bonds. The van der Waals surface area contributed by atoms with E-state index in [9.17, 15) is 0 Å². The number of benzene rings is 18. The van der Waals surface area contributed by atoms with Gasteiger partial charge in [0, 0.05) is 67.4 Å². The van der Waals surface area contributed by atoms with Crippen LogP contribution in [0.15, 0.2) is 419 Å². The van der Waals surface area contributed by atoms with E-state index in [0.717, 1.165) is 192 Å². The van der Waals surface area contributed by atoms with Crippen LogP contribution in [-0.2, 0) is 104 Å². The molecule has 0 fully saturated rings. The van der Waals surface area contributed by atoms with E-state index in [-0.39, 0.29) is 63.2 Å². The van der Waals surface area contributed by atoms with Crippen LogP contribution in [0.25, 0.3) is 250 Å². The van der Waals surface area contributed by atoms with Crippen LogP contribution in [0.3, 0.4) is 0 Å². The van der Waals surface area contributed by atoms with E-state index < -0.39 is 0 Å². The molecular formula is C132H84N12Pt3. The Morgan fingerprint density at radius 2 is 0.558 bits per heavy atom. The van der Waals surface area contributed by atoms with Crippen LogP contribution in [0.2, 0.25) is 0 Å². The zero-order valence-electron chi connectivity index (χ0n) is 79.8. The molecule has 0 atom stereocenters. The Balaban J connectivity index is 0.000000114. The summed E-state index contributed by atoms with van der Waals surface area (Å²) in [5, 5.41) is 6.97. The molecule has 9 aromatic heterocycles. The van der Waals surface area contributed by atoms with Gasteiger partial charge in [0.1, 0.15) is 0 Å². The summed E-state index contributed by atoms with van der Waals surface area (Å²) in [4.78, 5) is 29.4. The van der Waals surface area contributed by atoms with Crippen LogP contribution >= 0.6 is 0 Å². The van der Waals surface area contributed by atoms with Gasteiger partial charge >= 0.3 is 63.2 Å². The van der Waals surface area contributed by atoms with Gasteiger partial charge in [-0.15, -0.1) is 161 Å². The predicted molar refractivity (Wildman–Crippen MR) is 585 cm³/mol. The molecule has 147 heavy (non-hydrogen) atoms. The predicted octanol–water partition coefficient (Wildman–Crippen LogP) is 30.7. The number of rotatable bonds is 12. The number of aryl methyl sites for hydroxylation is 3. The maximum atomic E-state index is 5.32. The summed E-state index contributed by atoms with van der Waals surface area (Å²) in [6.07, 6.45) is 8.38. The van der Waals surface area contributed by atoms with Crippen molar-refractivity contribution in [2.75, 3.05) is 0 Å². The van der Waals surface area contributed by atoms with Gasteiger partial charge < -0.3 is 42.4 Å². The molecule has 30 rings (SSSR count). The molecule has 702 valence electrons. The summed E-state index contributed by atoms with van der Waals surface area (Å²) in [5.74, 6) is 2.66. The van der Waals surface area contributed by atoms with Crippen molar-refractivity contribution in [2.45, 2.75) is 19.3 Å². The van der Waals surface area contributed by atoms with Crippen molar-refractivity contribution in [3.63, 3.8) is 0 Å². The third kappa shape index (κ3) is 15.6. The second-order valence-electron chi connectivity index (χ2n) is 37.6. The summed E-state index contributed by atoms with van der Waals surface area (Å²) in [7, 11) is 6.31. The average molecular weight is 2420 g/mol. The molecule has 9 heterocycles. The summed E-state index contributed by atoms with van der Waals surface area (Å²) in [5.41, 5.74) is 47.3. The molecule has 0 saturated carbocycles. The molecular weight excluding hydrogens is 2340 g/mol. The summed E-state index contributed by atoms with van der Waals surface area (Å²) >= 11 is 0. The van der Waals surface area contributed by atoms with E-state index in [1.165, 1.54) is 111 Å². The summed E-state index contributed by atoms with van der Waals surface area (Å²) in [6, 6.07) is 164. The van der Waals surface area contributed by atoms with Crippen molar-refractivity contribution >= 4 is 98.5 Å². The number of nitrogens with zero attached hydrogens (tertiary/aromatic N) is 12. The minimum atomic E-state index is 0. The zero-order valence-corrected chi connectivity index (χ0v) is 86.6. The molecule has 0 aliphatic heterocycles. The van der Waals surface area contributed by atoms with Crippen LogP contribution in [0, 0.1) is 36.4 Å². The number of pyridine rings is 3. The molecule has 0 spiro atoms.